The molecule has 0 amide bonds. The summed E-state index contributed by atoms with van der Waals surface area (Å²) in [6, 6.07) is 11.0. The number of nitrogens with zero attached hydrogens (tertiary/aromatic N) is 3. The second-order valence-corrected chi connectivity index (χ2v) is 4.58. The maximum atomic E-state index is 10.0. The maximum absolute atomic E-state index is 10.0. The fraction of sp³-hybridized carbons (Fsp3) is 0.333. The molecule has 5 nitrogen and oxygen atoms in total. The highest BCUT2D eigenvalue weighted by atomic mass is 16.3. The van der Waals surface area contributed by atoms with Gasteiger partial charge in [-0.25, -0.2) is 0 Å². The lowest BCUT2D eigenvalue weighted by Crippen LogP contribution is -2.23. The molecule has 2 N–H and O–H groups in total. The number of aryl methyl sites for hydroxylation is 1. The van der Waals surface area contributed by atoms with Crippen LogP contribution < -0.4 is 5.32 Å². The fourth-order valence-electron chi connectivity index (χ4n) is 1.94. The van der Waals surface area contributed by atoms with Gasteiger partial charge in [0.25, 0.3) is 0 Å². The van der Waals surface area contributed by atoms with Crippen LogP contribution in [0.2, 0.25) is 0 Å². The van der Waals surface area contributed by atoms with E-state index in [-0.39, 0.29) is 0 Å². The first kappa shape index (κ1) is 14.3. The monoisotopic (exact) mass is 270 g/mol. The number of nitrogens with one attached hydrogen (secondary N) is 1. The van der Waals surface area contributed by atoms with Gasteiger partial charge < -0.3 is 10.4 Å². The molecule has 1 aromatic carbocycles. The van der Waals surface area contributed by atoms with Crippen molar-refractivity contribution in [3.05, 3.63) is 53.9 Å². The summed E-state index contributed by atoms with van der Waals surface area (Å²) in [5, 5.41) is 26.1. The van der Waals surface area contributed by atoms with Gasteiger partial charge in [0.1, 0.15) is 0 Å². The fourth-order valence-corrected chi connectivity index (χ4v) is 1.94. The molecule has 0 radical (unpaired) electrons. The molecule has 5 heteroatoms. The Balaban J connectivity index is 1.66. The molecule has 0 saturated carbocycles. The Labute approximate surface area is 118 Å². The molecule has 20 heavy (non-hydrogen) atoms. The summed E-state index contributed by atoms with van der Waals surface area (Å²) in [6.45, 7) is 2.20. The summed E-state index contributed by atoms with van der Waals surface area (Å²) < 4.78 is 1.89. The van der Waals surface area contributed by atoms with E-state index >= 15 is 0 Å². The lowest BCUT2D eigenvalue weighted by Gasteiger charge is -2.12. The summed E-state index contributed by atoms with van der Waals surface area (Å²) in [7, 11) is 0. The minimum Gasteiger partial charge on any atom is -0.387 e. The third-order valence-corrected chi connectivity index (χ3v) is 3.06. The maximum Gasteiger partial charge on any atom is 0.0991 e. The molecule has 2 aromatic rings. The smallest absolute Gasteiger partial charge is 0.0991 e. The van der Waals surface area contributed by atoms with Crippen LogP contribution in [0.3, 0.4) is 0 Å². The van der Waals surface area contributed by atoms with Crippen molar-refractivity contribution in [2.24, 2.45) is 0 Å². The Kier molecular flexibility index (Phi) is 5.30. The highest BCUT2D eigenvalue weighted by Crippen LogP contribution is 2.12. The number of nitriles is 1. The van der Waals surface area contributed by atoms with Crippen LogP contribution in [0.5, 0.6) is 0 Å². The van der Waals surface area contributed by atoms with Gasteiger partial charge in [-0.3, -0.25) is 4.68 Å². The van der Waals surface area contributed by atoms with Crippen molar-refractivity contribution in [2.75, 3.05) is 13.1 Å². The van der Waals surface area contributed by atoms with E-state index in [1.165, 1.54) is 0 Å². The Morgan fingerprint density at radius 1 is 1.35 bits per heavy atom. The lowest BCUT2D eigenvalue weighted by molar-refractivity contribution is 0.174. The van der Waals surface area contributed by atoms with E-state index in [0.717, 1.165) is 25.1 Å². The van der Waals surface area contributed by atoms with Crippen LogP contribution in [0.25, 0.3) is 0 Å². The molecule has 0 aliphatic rings. The summed E-state index contributed by atoms with van der Waals surface area (Å²) >= 11 is 0. The van der Waals surface area contributed by atoms with Gasteiger partial charge in [0.15, 0.2) is 0 Å². The Morgan fingerprint density at radius 2 is 2.15 bits per heavy atom. The number of aliphatic hydroxyl groups excluding tert-OH is 1. The molecule has 0 saturated heterocycles. The zero-order valence-corrected chi connectivity index (χ0v) is 11.2. The van der Waals surface area contributed by atoms with E-state index in [0.29, 0.717) is 12.1 Å². The minimum absolute atomic E-state index is 0.505. The lowest BCUT2D eigenvalue weighted by atomic mass is 10.1. The number of aromatic nitrogens is 2. The second kappa shape index (κ2) is 7.43. The normalized spacial score (nSPS) is 12.0. The predicted octanol–water partition coefficient (Wildman–Crippen LogP) is 1.47. The molecule has 0 bridgehead atoms. The van der Waals surface area contributed by atoms with Gasteiger partial charge in [-0.1, -0.05) is 12.1 Å². The van der Waals surface area contributed by atoms with Crippen molar-refractivity contribution in [1.29, 1.82) is 5.26 Å². The summed E-state index contributed by atoms with van der Waals surface area (Å²) in [5.74, 6) is 0. The predicted molar refractivity (Wildman–Crippen MR) is 75.8 cm³/mol. The standard InChI is InChI=1S/C15H18N4O/c16-11-13-3-5-14(6-4-13)15(20)12-17-7-1-9-19-10-2-8-18-19/h2-6,8,10,15,17,20H,1,7,9,12H2. The minimum atomic E-state index is -0.549. The molecule has 0 aliphatic heterocycles. The quantitative estimate of drug-likeness (QED) is 0.747. The van der Waals surface area contributed by atoms with Gasteiger partial charge >= 0.3 is 0 Å². The molecule has 0 spiro atoms. The topological polar surface area (TPSA) is 73.9 Å². The van der Waals surface area contributed by atoms with Crippen molar-refractivity contribution < 1.29 is 5.11 Å². The SMILES string of the molecule is N#Cc1ccc(C(O)CNCCCn2cccn2)cc1. The first-order chi connectivity index (χ1) is 9.79. The number of aliphatic hydroxyl groups is 1. The van der Waals surface area contributed by atoms with E-state index in [1.54, 1.807) is 30.5 Å². The first-order valence-electron chi connectivity index (χ1n) is 6.66. The van der Waals surface area contributed by atoms with Gasteiger partial charge in [0.05, 0.1) is 17.7 Å². The molecule has 104 valence electrons. The molecule has 0 aliphatic carbocycles. The largest absolute Gasteiger partial charge is 0.387 e. The van der Waals surface area contributed by atoms with Crippen molar-refractivity contribution in [3.63, 3.8) is 0 Å². The van der Waals surface area contributed by atoms with Gasteiger partial charge in [-0.05, 0) is 36.7 Å². The van der Waals surface area contributed by atoms with Crippen LogP contribution in [-0.2, 0) is 6.54 Å². The van der Waals surface area contributed by atoms with Gasteiger partial charge in [-0.2, -0.15) is 10.4 Å². The molecule has 1 atom stereocenters. The van der Waals surface area contributed by atoms with Gasteiger partial charge in [0.2, 0.25) is 0 Å². The first-order valence-corrected chi connectivity index (χ1v) is 6.66. The van der Waals surface area contributed by atoms with Crippen LogP contribution in [0, 0.1) is 11.3 Å². The Bertz CT molecular complexity index is 542. The summed E-state index contributed by atoms with van der Waals surface area (Å²) in [5.41, 5.74) is 1.43. The molecule has 2 rings (SSSR count). The van der Waals surface area contributed by atoms with Crippen LogP contribution in [0.1, 0.15) is 23.7 Å². The van der Waals surface area contributed by atoms with Gasteiger partial charge in [0, 0.05) is 25.5 Å². The third kappa shape index (κ3) is 4.19. The summed E-state index contributed by atoms with van der Waals surface area (Å²) in [6.07, 6.45) is 4.11. The average Bonchev–Trinajstić information content (AvgIpc) is 3.00. The molecule has 1 aromatic heterocycles. The molecule has 1 unspecified atom stereocenters. The second-order valence-electron chi connectivity index (χ2n) is 4.58. The Morgan fingerprint density at radius 3 is 2.80 bits per heavy atom. The van der Waals surface area contributed by atoms with E-state index in [4.69, 9.17) is 5.26 Å². The van der Waals surface area contributed by atoms with E-state index in [2.05, 4.69) is 16.5 Å². The van der Waals surface area contributed by atoms with E-state index in [9.17, 15) is 5.11 Å². The summed E-state index contributed by atoms with van der Waals surface area (Å²) in [4.78, 5) is 0. The number of benzene rings is 1. The van der Waals surface area contributed by atoms with Gasteiger partial charge in [-0.15, -0.1) is 0 Å². The zero-order chi connectivity index (χ0) is 14.2. The average molecular weight is 270 g/mol. The van der Waals surface area contributed by atoms with Crippen LogP contribution in [0.4, 0.5) is 0 Å². The molecular weight excluding hydrogens is 252 g/mol. The number of hydrogen-bond donors (Lipinski definition) is 2. The Hall–Kier alpha value is -2.16. The van der Waals surface area contributed by atoms with Crippen molar-refractivity contribution in [1.82, 2.24) is 15.1 Å². The molecule has 0 fully saturated rings. The number of hydrogen-bond acceptors (Lipinski definition) is 4. The molecule has 1 heterocycles. The van der Waals surface area contributed by atoms with E-state index in [1.807, 2.05) is 16.9 Å². The van der Waals surface area contributed by atoms with E-state index < -0.39 is 6.10 Å². The van der Waals surface area contributed by atoms with Crippen molar-refractivity contribution in [3.8, 4) is 6.07 Å². The van der Waals surface area contributed by atoms with Crippen LogP contribution in [0.15, 0.2) is 42.7 Å². The van der Waals surface area contributed by atoms with Crippen molar-refractivity contribution >= 4 is 0 Å². The zero-order valence-electron chi connectivity index (χ0n) is 11.2. The highest BCUT2D eigenvalue weighted by Gasteiger charge is 2.06. The molecular formula is C15H18N4O. The highest BCUT2D eigenvalue weighted by molar-refractivity contribution is 5.32. The van der Waals surface area contributed by atoms with Crippen LogP contribution in [-0.4, -0.2) is 28.0 Å². The third-order valence-electron chi connectivity index (χ3n) is 3.06. The van der Waals surface area contributed by atoms with Crippen LogP contribution >= 0.6 is 0 Å². The number of rotatable bonds is 7. The van der Waals surface area contributed by atoms with Crippen molar-refractivity contribution in [2.45, 2.75) is 19.1 Å².